The Bertz CT molecular complexity index is 1190. The third-order valence-electron chi connectivity index (χ3n) is 5.46. The molecule has 0 saturated heterocycles. The molecule has 1 N–H and O–H groups in total. The van der Waals surface area contributed by atoms with E-state index in [9.17, 15) is 19.5 Å². The number of ketones is 2. The van der Waals surface area contributed by atoms with Crippen LogP contribution in [0.1, 0.15) is 26.3 Å². The molecule has 0 spiro atoms. The van der Waals surface area contributed by atoms with Crippen molar-refractivity contribution in [3.8, 4) is 0 Å². The van der Waals surface area contributed by atoms with Crippen LogP contribution in [0.15, 0.2) is 66.5 Å². The number of nitrogens with zero attached hydrogens (tertiary/aromatic N) is 2. The number of hydrogen-bond donors (Lipinski definition) is 1. The standard InChI is InChI=1S/C23H20N2O4/c1-24-13-14(15-7-5-6-10-18(15)24)11-20(23(28)29)25(2)19-12-21(26)16-8-3-4-9-17(16)22(19)27/h3-10,12-13,20H,11H2,1-2H3,(H,28,29). The average molecular weight is 388 g/mol. The molecule has 1 heterocycles. The number of carboxylic acid groups (broad SMARTS) is 1. The Balaban J connectivity index is 1.70. The van der Waals surface area contributed by atoms with E-state index in [2.05, 4.69) is 0 Å². The minimum Gasteiger partial charge on any atom is -0.480 e. The van der Waals surface area contributed by atoms with E-state index in [1.165, 1.54) is 11.0 Å². The van der Waals surface area contributed by atoms with Gasteiger partial charge >= 0.3 is 5.97 Å². The first kappa shape index (κ1) is 18.7. The van der Waals surface area contributed by atoms with Gasteiger partial charge < -0.3 is 14.6 Å². The van der Waals surface area contributed by atoms with Crippen molar-refractivity contribution in [2.24, 2.45) is 7.05 Å². The van der Waals surface area contributed by atoms with Crippen LogP contribution < -0.4 is 0 Å². The smallest absolute Gasteiger partial charge is 0.326 e. The largest absolute Gasteiger partial charge is 0.480 e. The number of likely N-dealkylation sites (N-methyl/N-ethyl adjacent to an activating group) is 1. The Morgan fingerprint density at radius 1 is 1.07 bits per heavy atom. The first-order chi connectivity index (χ1) is 13.9. The normalized spacial score (nSPS) is 14.5. The van der Waals surface area contributed by atoms with Crippen LogP contribution in [0.5, 0.6) is 0 Å². The van der Waals surface area contributed by atoms with Gasteiger partial charge in [0, 0.05) is 54.8 Å². The lowest BCUT2D eigenvalue weighted by Gasteiger charge is -2.30. The lowest BCUT2D eigenvalue weighted by molar-refractivity contribution is -0.141. The number of carboxylic acids is 1. The molecule has 2 aromatic carbocycles. The van der Waals surface area contributed by atoms with Gasteiger partial charge in [-0.2, -0.15) is 0 Å². The Morgan fingerprint density at radius 2 is 1.72 bits per heavy atom. The topological polar surface area (TPSA) is 79.6 Å². The second kappa shape index (κ2) is 7.05. The lowest BCUT2D eigenvalue weighted by atomic mass is 9.91. The van der Waals surface area contributed by atoms with E-state index in [1.807, 2.05) is 42.1 Å². The summed E-state index contributed by atoms with van der Waals surface area (Å²) in [6, 6.07) is 13.4. The fraction of sp³-hybridized carbons (Fsp3) is 0.174. The molecule has 4 rings (SSSR count). The highest BCUT2D eigenvalue weighted by molar-refractivity contribution is 6.24. The molecule has 0 radical (unpaired) electrons. The summed E-state index contributed by atoms with van der Waals surface area (Å²) in [4.78, 5) is 38.9. The highest BCUT2D eigenvalue weighted by atomic mass is 16.4. The van der Waals surface area contributed by atoms with Crippen molar-refractivity contribution in [1.82, 2.24) is 9.47 Å². The molecular weight excluding hydrogens is 368 g/mol. The van der Waals surface area contributed by atoms with Crippen molar-refractivity contribution < 1.29 is 19.5 Å². The van der Waals surface area contributed by atoms with Crippen LogP contribution in [0, 0.1) is 0 Å². The minimum absolute atomic E-state index is 0.0985. The molecule has 1 aliphatic carbocycles. The zero-order valence-corrected chi connectivity index (χ0v) is 16.1. The fourth-order valence-electron chi connectivity index (χ4n) is 3.92. The van der Waals surface area contributed by atoms with Crippen LogP contribution in [-0.4, -0.2) is 45.2 Å². The number of rotatable bonds is 5. The predicted octanol–water partition coefficient (Wildman–Crippen LogP) is 3.07. The molecule has 146 valence electrons. The summed E-state index contributed by atoms with van der Waals surface area (Å²) in [5, 5.41) is 10.9. The van der Waals surface area contributed by atoms with E-state index < -0.39 is 12.0 Å². The highest BCUT2D eigenvalue weighted by Gasteiger charge is 2.33. The SMILES string of the molecule is CN(C1=CC(=O)c2ccccc2C1=O)C(Cc1cn(C)c2ccccc12)C(=O)O. The molecule has 3 aromatic rings. The maximum atomic E-state index is 12.9. The van der Waals surface area contributed by atoms with E-state index in [4.69, 9.17) is 0 Å². The second-order valence-electron chi connectivity index (χ2n) is 7.22. The summed E-state index contributed by atoms with van der Waals surface area (Å²) in [5.41, 5.74) is 2.62. The van der Waals surface area contributed by atoms with Crippen LogP contribution in [0.3, 0.4) is 0 Å². The Kier molecular flexibility index (Phi) is 4.54. The van der Waals surface area contributed by atoms with Gasteiger partial charge in [-0.1, -0.05) is 42.5 Å². The number of carbonyl (C=O) groups excluding carboxylic acids is 2. The number of para-hydroxylation sites is 1. The lowest BCUT2D eigenvalue weighted by Crippen LogP contribution is -2.42. The highest BCUT2D eigenvalue weighted by Crippen LogP contribution is 2.27. The van der Waals surface area contributed by atoms with Crippen LogP contribution in [0.25, 0.3) is 10.9 Å². The van der Waals surface area contributed by atoms with Gasteiger partial charge in [-0.15, -0.1) is 0 Å². The van der Waals surface area contributed by atoms with E-state index in [0.29, 0.717) is 11.1 Å². The van der Waals surface area contributed by atoms with Gasteiger partial charge in [0.05, 0.1) is 5.70 Å². The van der Waals surface area contributed by atoms with Crippen LogP contribution in [-0.2, 0) is 18.3 Å². The van der Waals surface area contributed by atoms with Gasteiger partial charge in [-0.05, 0) is 11.6 Å². The number of carbonyl (C=O) groups is 3. The van der Waals surface area contributed by atoms with Crippen LogP contribution >= 0.6 is 0 Å². The number of aromatic nitrogens is 1. The molecule has 0 saturated carbocycles. The molecule has 1 unspecified atom stereocenters. The molecule has 0 aliphatic heterocycles. The molecule has 29 heavy (non-hydrogen) atoms. The summed E-state index contributed by atoms with van der Waals surface area (Å²) in [6.45, 7) is 0. The van der Waals surface area contributed by atoms with Crippen molar-refractivity contribution in [1.29, 1.82) is 0 Å². The number of fused-ring (bicyclic) bond motifs is 2. The summed E-state index contributed by atoms with van der Waals surface area (Å²) in [6.07, 6.45) is 3.35. The van der Waals surface area contributed by atoms with Gasteiger partial charge in [0.1, 0.15) is 6.04 Å². The van der Waals surface area contributed by atoms with E-state index >= 15 is 0 Å². The molecule has 0 fully saturated rings. The molecule has 1 aliphatic rings. The first-order valence-corrected chi connectivity index (χ1v) is 9.27. The summed E-state index contributed by atoms with van der Waals surface area (Å²) in [7, 11) is 3.46. The molecule has 6 nitrogen and oxygen atoms in total. The van der Waals surface area contributed by atoms with Crippen molar-refractivity contribution in [2.75, 3.05) is 7.05 Å². The molecule has 0 bridgehead atoms. The molecule has 6 heteroatoms. The van der Waals surface area contributed by atoms with Crippen molar-refractivity contribution in [3.63, 3.8) is 0 Å². The zero-order valence-electron chi connectivity index (χ0n) is 16.1. The number of allylic oxidation sites excluding steroid dienone is 2. The number of hydrogen-bond acceptors (Lipinski definition) is 4. The number of Topliss-reactive ketones (excluding diaryl/α,β-unsaturated/α-hetero) is 1. The Morgan fingerprint density at radius 3 is 2.45 bits per heavy atom. The van der Waals surface area contributed by atoms with Gasteiger partial charge in [-0.25, -0.2) is 4.79 Å². The zero-order chi connectivity index (χ0) is 20.7. The van der Waals surface area contributed by atoms with E-state index in [0.717, 1.165) is 16.5 Å². The molecule has 0 amide bonds. The number of aliphatic carboxylic acids is 1. The minimum atomic E-state index is -1.06. The molecule has 1 aromatic heterocycles. The maximum absolute atomic E-state index is 12.9. The third-order valence-corrected chi connectivity index (χ3v) is 5.46. The average Bonchev–Trinajstić information content (AvgIpc) is 3.04. The van der Waals surface area contributed by atoms with Gasteiger partial charge in [0.2, 0.25) is 5.78 Å². The molecule has 1 atom stereocenters. The first-order valence-electron chi connectivity index (χ1n) is 9.27. The molecular formula is C23H20N2O4. The van der Waals surface area contributed by atoms with Gasteiger partial charge in [-0.3, -0.25) is 9.59 Å². The third kappa shape index (κ3) is 3.12. The van der Waals surface area contributed by atoms with Crippen molar-refractivity contribution >= 4 is 28.4 Å². The second-order valence-corrected chi connectivity index (χ2v) is 7.22. The summed E-state index contributed by atoms with van der Waals surface area (Å²) in [5.74, 6) is -1.69. The van der Waals surface area contributed by atoms with Crippen LogP contribution in [0.4, 0.5) is 0 Å². The monoisotopic (exact) mass is 388 g/mol. The summed E-state index contributed by atoms with van der Waals surface area (Å²) >= 11 is 0. The predicted molar refractivity (Wildman–Crippen MR) is 109 cm³/mol. The quantitative estimate of drug-likeness (QED) is 0.727. The number of benzene rings is 2. The van der Waals surface area contributed by atoms with Crippen molar-refractivity contribution in [3.05, 3.63) is 83.2 Å². The Hall–Kier alpha value is -3.67. The fourth-order valence-corrected chi connectivity index (χ4v) is 3.92. The van der Waals surface area contributed by atoms with E-state index in [1.54, 1.807) is 31.3 Å². The van der Waals surface area contributed by atoms with E-state index in [-0.39, 0.29) is 23.7 Å². The maximum Gasteiger partial charge on any atom is 0.326 e. The van der Waals surface area contributed by atoms with Crippen LogP contribution in [0.2, 0.25) is 0 Å². The summed E-state index contributed by atoms with van der Waals surface area (Å²) < 4.78 is 1.95. The Labute approximate surface area is 167 Å². The van der Waals surface area contributed by atoms with Gasteiger partial charge in [0.25, 0.3) is 0 Å². The van der Waals surface area contributed by atoms with Crippen molar-refractivity contribution in [2.45, 2.75) is 12.5 Å². The van der Waals surface area contributed by atoms with Gasteiger partial charge in [0.15, 0.2) is 5.78 Å². The number of aryl methyl sites for hydroxylation is 1.